The Labute approximate surface area is 76.9 Å². The van der Waals surface area contributed by atoms with Crippen molar-refractivity contribution in [1.82, 2.24) is 9.80 Å². The van der Waals surface area contributed by atoms with E-state index in [9.17, 15) is 9.59 Å². The number of rotatable bonds is 1. The van der Waals surface area contributed by atoms with E-state index in [-0.39, 0.29) is 5.91 Å². The fraction of sp³-hybridized carbons (Fsp3) is 0.750. The molecule has 0 saturated carbocycles. The zero-order valence-corrected chi connectivity index (χ0v) is 7.86. The summed E-state index contributed by atoms with van der Waals surface area (Å²) in [5.41, 5.74) is 0. The lowest BCUT2D eigenvalue weighted by Gasteiger charge is -2.23. The Morgan fingerprint density at radius 2 is 2.08 bits per heavy atom. The van der Waals surface area contributed by atoms with Crippen LogP contribution in [0.5, 0.6) is 0 Å². The molecular formula is C8H14N2O3. The summed E-state index contributed by atoms with van der Waals surface area (Å²) in [4.78, 5) is 24.8. The Kier molecular flexibility index (Phi) is 2.75. The minimum Gasteiger partial charge on any atom is -0.465 e. The lowest BCUT2D eigenvalue weighted by Crippen LogP contribution is -2.44. The van der Waals surface area contributed by atoms with Crippen molar-refractivity contribution in [3.8, 4) is 0 Å². The van der Waals surface area contributed by atoms with E-state index in [4.69, 9.17) is 5.11 Å². The predicted molar refractivity (Wildman–Crippen MR) is 46.4 cm³/mol. The first-order chi connectivity index (χ1) is 6.04. The third kappa shape index (κ3) is 1.91. The number of likely N-dealkylation sites (N-methyl/N-ethyl adjacent to an activating group) is 1. The first-order valence-electron chi connectivity index (χ1n) is 4.24. The number of likely N-dealkylation sites (tertiary alicyclic amines) is 1. The van der Waals surface area contributed by atoms with Crippen molar-refractivity contribution in [2.24, 2.45) is 0 Å². The maximum Gasteiger partial charge on any atom is 0.407 e. The van der Waals surface area contributed by atoms with E-state index in [0.717, 1.165) is 6.42 Å². The molecule has 0 radical (unpaired) electrons. The topological polar surface area (TPSA) is 60.9 Å². The van der Waals surface area contributed by atoms with Crippen LogP contribution in [-0.4, -0.2) is 53.6 Å². The average Bonchev–Trinajstić information content (AvgIpc) is 2.50. The highest BCUT2D eigenvalue weighted by molar-refractivity contribution is 5.85. The van der Waals surface area contributed by atoms with Gasteiger partial charge in [-0.2, -0.15) is 0 Å². The summed E-state index contributed by atoms with van der Waals surface area (Å²) in [5, 5.41) is 8.77. The molecule has 74 valence electrons. The third-order valence-electron chi connectivity index (χ3n) is 2.22. The van der Waals surface area contributed by atoms with Crippen LogP contribution in [0.25, 0.3) is 0 Å². The van der Waals surface area contributed by atoms with E-state index in [1.807, 2.05) is 0 Å². The molecule has 5 heteroatoms. The number of nitrogens with zero attached hydrogens (tertiary/aromatic N) is 2. The summed E-state index contributed by atoms with van der Waals surface area (Å²) in [6.07, 6.45) is 0.414. The van der Waals surface area contributed by atoms with E-state index in [1.54, 1.807) is 14.1 Å². The number of carbonyl (C=O) groups excluding carboxylic acids is 1. The van der Waals surface area contributed by atoms with Gasteiger partial charge in [-0.25, -0.2) is 4.79 Å². The van der Waals surface area contributed by atoms with Crippen LogP contribution in [0.1, 0.15) is 12.8 Å². The molecule has 0 spiro atoms. The van der Waals surface area contributed by atoms with E-state index in [1.165, 1.54) is 9.80 Å². The molecule has 2 amide bonds. The Hall–Kier alpha value is -1.26. The average molecular weight is 186 g/mol. The van der Waals surface area contributed by atoms with Gasteiger partial charge < -0.3 is 10.0 Å². The molecule has 0 aromatic rings. The van der Waals surface area contributed by atoms with Crippen LogP contribution in [-0.2, 0) is 4.79 Å². The molecule has 1 saturated heterocycles. The molecule has 13 heavy (non-hydrogen) atoms. The summed E-state index contributed by atoms with van der Waals surface area (Å²) in [7, 11) is 3.28. The molecule has 0 bridgehead atoms. The quantitative estimate of drug-likeness (QED) is 0.637. The van der Waals surface area contributed by atoms with Crippen molar-refractivity contribution in [3.05, 3.63) is 0 Å². The van der Waals surface area contributed by atoms with E-state index in [0.29, 0.717) is 13.0 Å². The lowest BCUT2D eigenvalue weighted by atomic mass is 10.2. The molecule has 1 fully saturated rings. The van der Waals surface area contributed by atoms with Gasteiger partial charge >= 0.3 is 6.09 Å². The van der Waals surface area contributed by atoms with E-state index >= 15 is 0 Å². The highest BCUT2D eigenvalue weighted by Gasteiger charge is 2.34. The molecule has 0 aliphatic carbocycles. The standard InChI is InChI=1S/C8H14N2O3/c1-9(2)7(11)6-4-3-5-10(6)8(12)13/h6H,3-5H2,1-2H3,(H,12,13). The van der Waals surface area contributed by atoms with Gasteiger partial charge in [0, 0.05) is 20.6 Å². The fourth-order valence-corrected chi connectivity index (χ4v) is 1.55. The second-order valence-electron chi connectivity index (χ2n) is 3.37. The smallest absolute Gasteiger partial charge is 0.407 e. The molecule has 1 aliphatic rings. The van der Waals surface area contributed by atoms with Gasteiger partial charge in [0.25, 0.3) is 0 Å². The maximum atomic E-state index is 11.5. The lowest BCUT2D eigenvalue weighted by molar-refractivity contribution is -0.132. The van der Waals surface area contributed by atoms with Gasteiger partial charge in [0.2, 0.25) is 5.91 Å². The van der Waals surface area contributed by atoms with Crippen molar-refractivity contribution >= 4 is 12.0 Å². The minimum atomic E-state index is -1.00. The Morgan fingerprint density at radius 1 is 1.46 bits per heavy atom. The molecule has 0 aromatic carbocycles. The van der Waals surface area contributed by atoms with Crippen LogP contribution in [0.4, 0.5) is 4.79 Å². The van der Waals surface area contributed by atoms with Gasteiger partial charge in [0.05, 0.1) is 0 Å². The van der Waals surface area contributed by atoms with Crippen molar-refractivity contribution in [1.29, 1.82) is 0 Å². The summed E-state index contributed by atoms with van der Waals surface area (Å²) < 4.78 is 0. The number of hydrogen-bond donors (Lipinski definition) is 1. The summed E-state index contributed by atoms with van der Waals surface area (Å²) >= 11 is 0. The molecule has 1 aliphatic heterocycles. The minimum absolute atomic E-state index is 0.125. The van der Waals surface area contributed by atoms with Crippen LogP contribution in [0.2, 0.25) is 0 Å². The van der Waals surface area contributed by atoms with Crippen molar-refractivity contribution in [2.45, 2.75) is 18.9 Å². The molecule has 1 heterocycles. The number of amides is 2. The van der Waals surface area contributed by atoms with Crippen LogP contribution < -0.4 is 0 Å². The predicted octanol–water partition coefficient (Wildman–Crippen LogP) is 0.217. The zero-order valence-electron chi connectivity index (χ0n) is 7.86. The Balaban J connectivity index is 2.68. The second-order valence-corrected chi connectivity index (χ2v) is 3.37. The molecule has 1 unspecified atom stereocenters. The fourth-order valence-electron chi connectivity index (χ4n) is 1.55. The number of hydrogen-bond acceptors (Lipinski definition) is 2. The van der Waals surface area contributed by atoms with Gasteiger partial charge in [-0.1, -0.05) is 0 Å². The highest BCUT2D eigenvalue weighted by Crippen LogP contribution is 2.18. The summed E-state index contributed by atoms with van der Waals surface area (Å²) in [5.74, 6) is -0.125. The van der Waals surface area contributed by atoms with Gasteiger partial charge in [0.1, 0.15) is 6.04 Å². The normalized spacial score (nSPS) is 21.7. The van der Waals surface area contributed by atoms with Crippen molar-refractivity contribution in [2.75, 3.05) is 20.6 Å². The zero-order chi connectivity index (χ0) is 10.0. The van der Waals surface area contributed by atoms with Crippen molar-refractivity contribution < 1.29 is 14.7 Å². The summed E-state index contributed by atoms with van der Waals surface area (Å²) in [6, 6.07) is -0.465. The SMILES string of the molecule is CN(C)C(=O)C1CCCN1C(=O)O. The van der Waals surface area contributed by atoms with Crippen LogP contribution in [0.3, 0.4) is 0 Å². The van der Waals surface area contributed by atoms with E-state index < -0.39 is 12.1 Å². The first kappa shape index (κ1) is 9.83. The van der Waals surface area contributed by atoms with Gasteiger partial charge in [0.15, 0.2) is 0 Å². The van der Waals surface area contributed by atoms with Gasteiger partial charge in [-0.3, -0.25) is 9.69 Å². The molecule has 1 atom stereocenters. The Morgan fingerprint density at radius 3 is 2.54 bits per heavy atom. The molecule has 0 aromatic heterocycles. The van der Waals surface area contributed by atoms with Gasteiger partial charge in [-0.05, 0) is 12.8 Å². The van der Waals surface area contributed by atoms with E-state index in [2.05, 4.69) is 0 Å². The monoisotopic (exact) mass is 186 g/mol. The van der Waals surface area contributed by atoms with Crippen molar-refractivity contribution in [3.63, 3.8) is 0 Å². The van der Waals surface area contributed by atoms with Crippen LogP contribution in [0, 0.1) is 0 Å². The molecule has 1 rings (SSSR count). The highest BCUT2D eigenvalue weighted by atomic mass is 16.4. The largest absolute Gasteiger partial charge is 0.465 e. The van der Waals surface area contributed by atoms with Crippen LogP contribution in [0.15, 0.2) is 0 Å². The van der Waals surface area contributed by atoms with Gasteiger partial charge in [-0.15, -0.1) is 0 Å². The molecule has 5 nitrogen and oxygen atoms in total. The summed E-state index contributed by atoms with van der Waals surface area (Å²) in [6.45, 7) is 0.472. The number of carbonyl (C=O) groups is 2. The molecular weight excluding hydrogens is 172 g/mol. The molecule has 1 N–H and O–H groups in total. The Bertz CT molecular complexity index is 227. The van der Waals surface area contributed by atoms with Crippen LogP contribution >= 0.6 is 0 Å². The first-order valence-corrected chi connectivity index (χ1v) is 4.24. The second kappa shape index (κ2) is 3.64. The maximum absolute atomic E-state index is 11.5. The number of carboxylic acid groups (broad SMARTS) is 1. The third-order valence-corrected chi connectivity index (χ3v) is 2.22.